The molecule has 0 saturated carbocycles. The van der Waals surface area contributed by atoms with E-state index in [0.29, 0.717) is 5.69 Å². The van der Waals surface area contributed by atoms with Crippen molar-refractivity contribution in [1.82, 2.24) is 10.2 Å². The van der Waals surface area contributed by atoms with E-state index in [2.05, 4.69) is 15.5 Å². The van der Waals surface area contributed by atoms with Crippen LogP contribution < -0.4 is 5.32 Å². The third-order valence-corrected chi connectivity index (χ3v) is 2.70. The maximum atomic E-state index is 11.9. The highest BCUT2D eigenvalue weighted by atomic mass is 16.6. The Morgan fingerprint density at radius 3 is 2.95 bits per heavy atom. The Hall–Kier alpha value is -3.16. The number of anilines is 1. The van der Waals surface area contributed by atoms with E-state index in [1.807, 2.05) is 0 Å². The number of nitrogens with zero attached hydrogens (tertiary/aromatic N) is 2. The molecule has 0 saturated heterocycles. The van der Waals surface area contributed by atoms with Gasteiger partial charge in [-0.2, -0.15) is 5.10 Å². The van der Waals surface area contributed by atoms with Gasteiger partial charge in [-0.05, 0) is 24.3 Å². The Labute approximate surface area is 111 Å². The molecule has 1 amide bonds. The van der Waals surface area contributed by atoms with E-state index in [0.717, 1.165) is 17.0 Å². The summed E-state index contributed by atoms with van der Waals surface area (Å²) in [6.45, 7) is 0. The second-order valence-electron chi connectivity index (χ2n) is 4.02. The van der Waals surface area contributed by atoms with Crippen LogP contribution in [0.3, 0.4) is 0 Å². The first-order valence-electron chi connectivity index (χ1n) is 5.62. The van der Waals surface area contributed by atoms with Gasteiger partial charge in [0.05, 0.1) is 17.8 Å². The molecular weight excluding hydrogens is 264 g/mol. The number of carbonyl (C=O) groups excluding carboxylic acids is 1. The van der Waals surface area contributed by atoms with Crippen molar-refractivity contribution < 1.29 is 14.1 Å². The summed E-state index contributed by atoms with van der Waals surface area (Å²) in [4.78, 5) is 21.7. The fourth-order valence-electron chi connectivity index (χ4n) is 1.76. The summed E-state index contributed by atoms with van der Waals surface area (Å²) in [5.41, 5.74) is 1.30. The number of benzene rings is 1. The van der Waals surface area contributed by atoms with Crippen LogP contribution in [0.25, 0.3) is 10.9 Å². The molecule has 8 nitrogen and oxygen atoms in total. The molecule has 0 radical (unpaired) electrons. The maximum absolute atomic E-state index is 11.9. The number of nitrogens with one attached hydrogen (secondary N) is 2. The predicted octanol–water partition coefficient (Wildman–Crippen LogP) is 2.32. The largest absolute Gasteiger partial charge is 0.433 e. The van der Waals surface area contributed by atoms with Crippen molar-refractivity contribution in [1.29, 1.82) is 0 Å². The first kappa shape index (κ1) is 11.9. The molecule has 0 bridgehead atoms. The fourth-order valence-corrected chi connectivity index (χ4v) is 1.76. The number of amides is 1. The summed E-state index contributed by atoms with van der Waals surface area (Å²) in [7, 11) is 0. The second-order valence-corrected chi connectivity index (χ2v) is 4.02. The lowest BCUT2D eigenvalue weighted by Gasteiger charge is -2.02. The number of aromatic nitrogens is 2. The topological polar surface area (TPSA) is 114 Å². The van der Waals surface area contributed by atoms with Crippen molar-refractivity contribution in [2.75, 3.05) is 5.32 Å². The molecule has 2 heterocycles. The van der Waals surface area contributed by atoms with Gasteiger partial charge < -0.3 is 9.73 Å². The van der Waals surface area contributed by atoms with Crippen molar-refractivity contribution in [2.45, 2.75) is 0 Å². The quantitative estimate of drug-likeness (QED) is 0.561. The van der Waals surface area contributed by atoms with Gasteiger partial charge in [0.2, 0.25) is 0 Å². The molecule has 0 atom stereocenters. The smallest absolute Gasteiger partial charge is 0.395 e. The van der Waals surface area contributed by atoms with E-state index in [1.165, 1.54) is 6.07 Å². The normalized spacial score (nSPS) is 10.6. The molecule has 8 heteroatoms. The van der Waals surface area contributed by atoms with Crippen LogP contribution in [0.1, 0.15) is 10.6 Å². The van der Waals surface area contributed by atoms with Crippen molar-refractivity contribution in [3.8, 4) is 0 Å². The molecule has 20 heavy (non-hydrogen) atoms. The number of carbonyl (C=O) groups is 1. The maximum Gasteiger partial charge on any atom is 0.433 e. The molecule has 0 unspecified atom stereocenters. The molecule has 0 aliphatic rings. The van der Waals surface area contributed by atoms with Crippen LogP contribution in [-0.2, 0) is 0 Å². The molecule has 0 spiro atoms. The van der Waals surface area contributed by atoms with E-state index in [-0.39, 0.29) is 5.76 Å². The first-order chi connectivity index (χ1) is 9.63. The molecular formula is C12H8N4O4. The standard InChI is InChI=1S/C12H8N4O4/c17-12(10-3-4-11(20-10)16(18)19)14-8-2-1-7-6-13-15-9(7)5-8/h1-6H,(H,13,15)(H,14,17). The van der Waals surface area contributed by atoms with Crippen LogP contribution in [0.5, 0.6) is 0 Å². The van der Waals surface area contributed by atoms with Gasteiger partial charge in [0, 0.05) is 11.1 Å². The molecule has 0 aliphatic heterocycles. The van der Waals surface area contributed by atoms with Gasteiger partial charge in [0.25, 0.3) is 5.91 Å². The summed E-state index contributed by atoms with van der Waals surface area (Å²) < 4.78 is 4.82. The van der Waals surface area contributed by atoms with Crippen LogP contribution in [0.15, 0.2) is 40.9 Å². The monoisotopic (exact) mass is 272 g/mol. The van der Waals surface area contributed by atoms with E-state index >= 15 is 0 Å². The number of hydrogen-bond donors (Lipinski definition) is 2. The van der Waals surface area contributed by atoms with Crippen LogP contribution >= 0.6 is 0 Å². The van der Waals surface area contributed by atoms with Gasteiger partial charge in [0.15, 0.2) is 5.76 Å². The Kier molecular flexibility index (Phi) is 2.68. The number of rotatable bonds is 3. The SMILES string of the molecule is O=C(Nc1ccc2cn[nH]c2c1)c1ccc([N+](=O)[O-])o1. The number of furan rings is 1. The van der Waals surface area contributed by atoms with E-state index in [4.69, 9.17) is 4.42 Å². The van der Waals surface area contributed by atoms with Gasteiger partial charge in [-0.1, -0.05) is 0 Å². The molecule has 2 N–H and O–H groups in total. The molecule has 2 aromatic heterocycles. The Balaban J connectivity index is 1.82. The summed E-state index contributed by atoms with van der Waals surface area (Å²) in [5.74, 6) is -1.16. The third-order valence-electron chi connectivity index (χ3n) is 2.70. The molecule has 0 aliphatic carbocycles. The van der Waals surface area contributed by atoms with Crippen LogP contribution in [0, 0.1) is 10.1 Å². The zero-order chi connectivity index (χ0) is 14.1. The van der Waals surface area contributed by atoms with E-state index in [1.54, 1.807) is 24.4 Å². The number of H-pyrrole nitrogens is 1. The molecule has 3 rings (SSSR count). The molecule has 1 aromatic carbocycles. The summed E-state index contributed by atoms with van der Waals surface area (Å²) in [6, 6.07) is 7.58. The highest BCUT2D eigenvalue weighted by Gasteiger charge is 2.17. The lowest BCUT2D eigenvalue weighted by atomic mass is 10.2. The van der Waals surface area contributed by atoms with Gasteiger partial charge in [-0.25, -0.2) is 0 Å². The van der Waals surface area contributed by atoms with E-state index < -0.39 is 16.7 Å². The average molecular weight is 272 g/mol. The number of fused-ring (bicyclic) bond motifs is 1. The zero-order valence-electron chi connectivity index (χ0n) is 9.99. The van der Waals surface area contributed by atoms with Crippen LogP contribution in [-0.4, -0.2) is 21.0 Å². The van der Waals surface area contributed by atoms with Gasteiger partial charge in [-0.15, -0.1) is 0 Å². The van der Waals surface area contributed by atoms with Crippen LogP contribution in [0.2, 0.25) is 0 Å². The van der Waals surface area contributed by atoms with Gasteiger partial charge in [0.1, 0.15) is 4.92 Å². The average Bonchev–Trinajstić information content (AvgIpc) is 3.07. The zero-order valence-corrected chi connectivity index (χ0v) is 9.99. The summed E-state index contributed by atoms with van der Waals surface area (Å²) in [5, 5.41) is 20.6. The number of nitro groups is 1. The van der Waals surface area contributed by atoms with Crippen molar-refractivity contribution in [2.24, 2.45) is 0 Å². The minimum absolute atomic E-state index is 0.124. The third kappa shape index (κ3) is 2.09. The fraction of sp³-hybridized carbons (Fsp3) is 0. The highest BCUT2D eigenvalue weighted by molar-refractivity contribution is 6.03. The molecule has 100 valence electrons. The predicted molar refractivity (Wildman–Crippen MR) is 69.4 cm³/mol. The number of aromatic amines is 1. The second kappa shape index (κ2) is 4.50. The Bertz CT molecular complexity index is 805. The minimum atomic E-state index is -0.701. The van der Waals surface area contributed by atoms with E-state index in [9.17, 15) is 14.9 Å². The molecule has 3 aromatic rings. The lowest BCUT2D eigenvalue weighted by molar-refractivity contribution is -0.402. The Morgan fingerprint density at radius 2 is 2.20 bits per heavy atom. The number of hydrogen-bond acceptors (Lipinski definition) is 5. The van der Waals surface area contributed by atoms with Gasteiger partial charge >= 0.3 is 5.88 Å². The summed E-state index contributed by atoms with van der Waals surface area (Å²) >= 11 is 0. The van der Waals surface area contributed by atoms with Gasteiger partial charge in [-0.3, -0.25) is 20.0 Å². The lowest BCUT2D eigenvalue weighted by Crippen LogP contribution is -2.10. The first-order valence-corrected chi connectivity index (χ1v) is 5.62. The minimum Gasteiger partial charge on any atom is -0.395 e. The van der Waals surface area contributed by atoms with Crippen molar-refractivity contribution in [3.63, 3.8) is 0 Å². The Morgan fingerprint density at radius 1 is 1.35 bits per heavy atom. The van der Waals surface area contributed by atoms with Crippen LogP contribution in [0.4, 0.5) is 11.6 Å². The highest BCUT2D eigenvalue weighted by Crippen LogP contribution is 2.19. The molecule has 0 fully saturated rings. The van der Waals surface area contributed by atoms with Crippen molar-refractivity contribution in [3.05, 3.63) is 52.4 Å². The summed E-state index contributed by atoms with van der Waals surface area (Å²) in [6.07, 6.45) is 1.66. The van der Waals surface area contributed by atoms with Crippen molar-refractivity contribution >= 4 is 28.4 Å².